The van der Waals surface area contributed by atoms with Crippen molar-refractivity contribution in [2.45, 2.75) is 38.4 Å². The van der Waals surface area contributed by atoms with Crippen molar-refractivity contribution >= 4 is 11.9 Å². The van der Waals surface area contributed by atoms with Crippen LogP contribution in [-0.4, -0.2) is 56.0 Å². The highest BCUT2D eigenvalue weighted by atomic mass is 16.2. The highest BCUT2D eigenvalue weighted by molar-refractivity contribution is 6.07. The first kappa shape index (κ1) is 14.1. The number of carbonyl (C=O) groups is 2. The van der Waals surface area contributed by atoms with Crippen LogP contribution < -0.4 is 5.32 Å². The number of rotatable bonds is 3. The highest BCUT2D eigenvalue weighted by Gasteiger charge is 2.55. The van der Waals surface area contributed by atoms with Crippen LogP contribution in [0.5, 0.6) is 0 Å². The number of nitrogens with one attached hydrogen (secondary N) is 1. The minimum atomic E-state index is -0.744. The summed E-state index contributed by atoms with van der Waals surface area (Å²) >= 11 is 0. The molecule has 3 rings (SSSR count). The lowest BCUT2D eigenvalue weighted by molar-refractivity contribution is -0.132. The first-order valence-corrected chi connectivity index (χ1v) is 7.27. The van der Waals surface area contributed by atoms with Gasteiger partial charge < -0.3 is 9.88 Å². The normalized spacial score (nSPS) is 26.4. The Balaban J connectivity index is 1.73. The van der Waals surface area contributed by atoms with E-state index in [2.05, 4.69) is 15.2 Å². The van der Waals surface area contributed by atoms with Crippen LogP contribution in [-0.2, 0) is 18.4 Å². The maximum absolute atomic E-state index is 12.6. The number of amides is 3. The molecule has 0 saturated carbocycles. The van der Waals surface area contributed by atoms with Gasteiger partial charge in [0.05, 0.1) is 6.54 Å². The predicted octanol–water partition coefficient (Wildman–Crippen LogP) is 0.325. The van der Waals surface area contributed by atoms with Crippen molar-refractivity contribution in [3.8, 4) is 0 Å². The third kappa shape index (κ3) is 2.21. The number of imide groups is 1. The predicted molar refractivity (Wildman–Crippen MR) is 76.3 cm³/mol. The summed E-state index contributed by atoms with van der Waals surface area (Å²) in [5.41, 5.74) is -0.744. The van der Waals surface area contributed by atoms with Gasteiger partial charge in [0.25, 0.3) is 5.91 Å². The Morgan fingerprint density at radius 2 is 2.19 bits per heavy atom. The van der Waals surface area contributed by atoms with Crippen LogP contribution in [0.15, 0.2) is 12.4 Å². The van der Waals surface area contributed by atoms with Gasteiger partial charge in [-0.25, -0.2) is 9.78 Å². The standard InChI is InChI=1S/C14H21N5O2/c1-10(2)19-12(20)14(16-13(19)21)4-6-18(9-14)8-11-15-5-7-17(11)3/h5,7,10H,4,6,8-9H2,1-3H3,(H,16,21). The Bertz CT molecular complexity index is 582. The summed E-state index contributed by atoms with van der Waals surface area (Å²) in [4.78, 5) is 32.4. The lowest BCUT2D eigenvalue weighted by Crippen LogP contribution is -2.49. The summed E-state index contributed by atoms with van der Waals surface area (Å²) < 4.78 is 1.97. The molecule has 0 bridgehead atoms. The van der Waals surface area contributed by atoms with Crippen LogP contribution in [0.3, 0.4) is 0 Å². The summed E-state index contributed by atoms with van der Waals surface area (Å²) in [6.45, 7) is 5.74. The van der Waals surface area contributed by atoms with Crippen molar-refractivity contribution in [2.75, 3.05) is 13.1 Å². The van der Waals surface area contributed by atoms with Crippen molar-refractivity contribution in [1.82, 2.24) is 24.7 Å². The molecule has 3 heterocycles. The van der Waals surface area contributed by atoms with E-state index in [4.69, 9.17) is 0 Å². The maximum atomic E-state index is 12.6. The van der Waals surface area contributed by atoms with Crippen LogP contribution in [0.1, 0.15) is 26.1 Å². The minimum Gasteiger partial charge on any atom is -0.337 e. The van der Waals surface area contributed by atoms with Crippen molar-refractivity contribution < 1.29 is 9.59 Å². The number of carbonyl (C=O) groups excluding carboxylic acids is 2. The smallest absolute Gasteiger partial charge is 0.325 e. The second-order valence-corrected chi connectivity index (χ2v) is 6.20. The molecule has 1 aromatic heterocycles. The molecular weight excluding hydrogens is 270 g/mol. The number of aryl methyl sites for hydroxylation is 1. The summed E-state index contributed by atoms with van der Waals surface area (Å²) in [5, 5.41) is 2.90. The van der Waals surface area contributed by atoms with Gasteiger partial charge in [0.2, 0.25) is 0 Å². The number of nitrogens with zero attached hydrogens (tertiary/aromatic N) is 4. The van der Waals surface area contributed by atoms with Crippen molar-refractivity contribution in [2.24, 2.45) is 7.05 Å². The van der Waals surface area contributed by atoms with Gasteiger partial charge in [-0.3, -0.25) is 14.6 Å². The van der Waals surface area contributed by atoms with E-state index in [9.17, 15) is 9.59 Å². The number of hydrogen-bond donors (Lipinski definition) is 1. The molecule has 0 aromatic carbocycles. The fraction of sp³-hybridized carbons (Fsp3) is 0.643. The first-order valence-electron chi connectivity index (χ1n) is 7.27. The van der Waals surface area contributed by atoms with Crippen molar-refractivity contribution in [3.05, 3.63) is 18.2 Å². The molecule has 1 atom stereocenters. The average Bonchev–Trinajstić information content (AvgIpc) is 3.04. The molecule has 0 radical (unpaired) electrons. The first-order chi connectivity index (χ1) is 9.93. The van der Waals surface area contributed by atoms with Crippen LogP contribution in [0.4, 0.5) is 4.79 Å². The Labute approximate surface area is 123 Å². The fourth-order valence-corrected chi connectivity index (χ4v) is 3.16. The molecule has 21 heavy (non-hydrogen) atoms. The molecule has 2 aliphatic heterocycles. The third-order valence-corrected chi connectivity index (χ3v) is 4.34. The van der Waals surface area contributed by atoms with Gasteiger partial charge in [-0.15, -0.1) is 0 Å². The average molecular weight is 291 g/mol. The van der Waals surface area contributed by atoms with E-state index < -0.39 is 5.54 Å². The molecular formula is C14H21N5O2. The van der Waals surface area contributed by atoms with Gasteiger partial charge in [-0.05, 0) is 20.3 Å². The summed E-state index contributed by atoms with van der Waals surface area (Å²) in [5.74, 6) is 0.870. The number of aromatic nitrogens is 2. The summed E-state index contributed by atoms with van der Waals surface area (Å²) in [7, 11) is 1.96. The molecule has 1 spiro atoms. The zero-order valence-corrected chi connectivity index (χ0v) is 12.7. The minimum absolute atomic E-state index is 0.0927. The topological polar surface area (TPSA) is 70.5 Å². The van der Waals surface area contributed by atoms with Gasteiger partial charge >= 0.3 is 6.03 Å². The lowest BCUT2D eigenvalue weighted by Gasteiger charge is -2.23. The van der Waals surface area contributed by atoms with E-state index in [0.717, 1.165) is 12.4 Å². The second kappa shape index (κ2) is 4.84. The Hall–Kier alpha value is -1.89. The summed E-state index contributed by atoms with van der Waals surface area (Å²) in [6.07, 6.45) is 4.33. The fourth-order valence-electron chi connectivity index (χ4n) is 3.16. The van der Waals surface area contributed by atoms with E-state index >= 15 is 0 Å². The van der Waals surface area contributed by atoms with E-state index in [1.807, 2.05) is 31.7 Å². The van der Waals surface area contributed by atoms with Crippen LogP contribution in [0.25, 0.3) is 0 Å². The molecule has 7 nitrogen and oxygen atoms in total. The quantitative estimate of drug-likeness (QED) is 0.815. The van der Waals surface area contributed by atoms with Crippen LogP contribution in [0, 0.1) is 0 Å². The van der Waals surface area contributed by atoms with E-state index in [0.29, 0.717) is 19.5 Å². The van der Waals surface area contributed by atoms with E-state index in [1.54, 1.807) is 6.20 Å². The lowest BCUT2D eigenvalue weighted by atomic mass is 9.98. The molecule has 7 heteroatoms. The third-order valence-electron chi connectivity index (χ3n) is 4.34. The number of imidazole rings is 1. The highest BCUT2D eigenvalue weighted by Crippen LogP contribution is 2.30. The summed E-state index contributed by atoms with van der Waals surface area (Å²) in [6, 6.07) is -0.380. The zero-order valence-electron chi connectivity index (χ0n) is 12.7. The molecule has 3 amide bonds. The number of hydrogen-bond acceptors (Lipinski definition) is 4. The Morgan fingerprint density at radius 1 is 1.43 bits per heavy atom. The van der Waals surface area contributed by atoms with Gasteiger partial charge in [0.15, 0.2) is 0 Å². The van der Waals surface area contributed by atoms with Gasteiger partial charge in [-0.2, -0.15) is 0 Å². The molecule has 1 N–H and O–H groups in total. The van der Waals surface area contributed by atoms with Gasteiger partial charge in [0, 0.05) is 38.6 Å². The zero-order chi connectivity index (χ0) is 15.2. The molecule has 114 valence electrons. The SMILES string of the molecule is CC(C)N1C(=O)NC2(CCN(Cc3nccn3C)C2)C1=O. The molecule has 1 aromatic rings. The Morgan fingerprint density at radius 3 is 2.76 bits per heavy atom. The number of urea groups is 1. The molecule has 0 aliphatic carbocycles. The largest absolute Gasteiger partial charge is 0.337 e. The molecule has 2 fully saturated rings. The van der Waals surface area contributed by atoms with Crippen LogP contribution >= 0.6 is 0 Å². The van der Waals surface area contributed by atoms with E-state index in [-0.39, 0.29) is 18.0 Å². The monoisotopic (exact) mass is 291 g/mol. The molecule has 2 aliphatic rings. The molecule has 2 saturated heterocycles. The van der Waals surface area contributed by atoms with Crippen molar-refractivity contribution in [1.29, 1.82) is 0 Å². The van der Waals surface area contributed by atoms with Crippen LogP contribution in [0.2, 0.25) is 0 Å². The second-order valence-electron chi connectivity index (χ2n) is 6.20. The van der Waals surface area contributed by atoms with E-state index in [1.165, 1.54) is 4.90 Å². The maximum Gasteiger partial charge on any atom is 0.325 e. The molecule has 1 unspecified atom stereocenters. The number of likely N-dealkylation sites (tertiary alicyclic amines) is 1. The van der Waals surface area contributed by atoms with Gasteiger partial charge in [0.1, 0.15) is 11.4 Å². The van der Waals surface area contributed by atoms with Gasteiger partial charge in [-0.1, -0.05) is 0 Å². The Kier molecular flexibility index (Phi) is 3.24. The van der Waals surface area contributed by atoms with Crippen molar-refractivity contribution in [3.63, 3.8) is 0 Å².